The second-order valence-corrected chi connectivity index (χ2v) is 6.98. The molecule has 5 rings (SSSR count). The molecule has 0 atom stereocenters. The van der Waals surface area contributed by atoms with Crippen LogP contribution in [0.5, 0.6) is 0 Å². The van der Waals surface area contributed by atoms with Gasteiger partial charge in [-0.15, -0.1) is 10.2 Å². The first-order valence-corrected chi connectivity index (χ1v) is 9.56. The Kier molecular flexibility index (Phi) is 4.53. The molecule has 0 fully saturated rings. The lowest BCUT2D eigenvalue weighted by atomic mass is 9.97. The minimum atomic E-state index is 0.382. The van der Waals surface area contributed by atoms with E-state index in [-0.39, 0.29) is 0 Å². The highest BCUT2D eigenvalue weighted by Gasteiger charge is 2.15. The summed E-state index contributed by atoms with van der Waals surface area (Å²) >= 11 is 0. The average molecular weight is 394 g/mol. The number of methoxy groups -OCH3 is 1. The molecule has 0 aliphatic heterocycles. The summed E-state index contributed by atoms with van der Waals surface area (Å²) in [6.07, 6.45) is 2.76. The lowest BCUT2D eigenvalue weighted by Crippen LogP contribution is -1.98. The number of pyridine rings is 2. The number of hydrogen-bond acceptors (Lipinski definition) is 5. The monoisotopic (exact) mass is 394 g/mol. The lowest BCUT2D eigenvalue weighted by molar-refractivity contribution is 0.112. The molecule has 0 N–H and O–H groups in total. The standard InChI is InChI=1S/C24H18N4O2/c1-30-15-22-26-27-24-20-13-19(17-5-3-2-4-6-17)23(25-21(20)11-12-28(22)24)18-9-7-16(14-29)8-10-18/h2-14H,15H2,1H3. The van der Waals surface area contributed by atoms with E-state index in [4.69, 9.17) is 9.72 Å². The molecule has 0 spiro atoms. The number of carbonyl (C=O) groups is 1. The maximum absolute atomic E-state index is 11.1. The number of rotatable bonds is 5. The number of aldehydes is 1. The maximum atomic E-state index is 11.1. The second-order valence-electron chi connectivity index (χ2n) is 6.98. The maximum Gasteiger partial charge on any atom is 0.170 e. The highest BCUT2D eigenvalue weighted by molar-refractivity contribution is 5.98. The summed E-state index contributed by atoms with van der Waals surface area (Å²) in [4.78, 5) is 16.0. The first-order chi connectivity index (χ1) is 14.8. The van der Waals surface area contributed by atoms with Crippen LogP contribution in [0.2, 0.25) is 0 Å². The molecule has 30 heavy (non-hydrogen) atoms. The summed E-state index contributed by atoms with van der Waals surface area (Å²) < 4.78 is 7.16. The Morgan fingerprint density at radius 1 is 0.967 bits per heavy atom. The number of carbonyl (C=O) groups excluding carboxylic acids is 1. The Labute approximate surface area is 172 Å². The summed E-state index contributed by atoms with van der Waals surface area (Å²) in [7, 11) is 1.64. The minimum Gasteiger partial charge on any atom is -0.377 e. The van der Waals surface area contributed by atoms with Gasteiger partial charge in [-0.25, -0.2) is 4.98 Å². The molecule has 2 aromatic carbocycles. The van der Waals surface area contributed by atoms with Gasteiger partial charge in [0, 0.05) is 35.4 Å². The van der Waals surface area contributed by atoms with Gasteiger partial charge in [0.2, 0.25) is 0 Å². The topological polar surface area (TPSA) is 69.4 Å². The van der Waals surface area contributed by atoms with Crippen LogP contribution < -0.4 is 0 Å². The van der Waals surface area contributed by atoms with Crippen LogP contribution in [0.25, 0.3) is 38.9 Å². The van der Waals surface area contributed by atoms with Crippen molar-refractivity contribution < 1.29 is 9.53 Å². The minimum absolute atomic E-state index is 0.382. The average Bonchev–Trinajstić information content (AvgIpc) is 3.22. The Hall–Kier alpha value is -3.90. The van der Waals surface area contributed by atoms with E-state index in [1.807, 2.05) is 59.1 Å². The molecular formula is C24H18N4O2. The van der Waals surface area contributed by atoms with Crippen LogP contribution in [0.15, 0.2) is 72.9 Å². The highest BCUT2D eigenvalue weighted by Crippen LogP contribution is 2.34. The molecule has 146 valence electrons. The van der Waals surface area contributed by atoms with E-state index < -0.39 is 0 Å². The van der Waals surface area contributed by atoms with Crippen molar-refractivity contribution >= 4 is 22.8 Å². The Balaban J connectivity index is 1.80. The first kappa shape index (κ1) is 18.1. The fraction of sp³-hybridized carbons (Fsp3) is 0.0833. The van der Waals surface area contributed by atoms with Gasteiger partial charge >= 0.3 is 0 Å². The molecule has 0 saturated carbocycles. The fourth-order valence-corrected chi connectivity index (χ4v) is 3.65. The van der Waals surface area contributed by atoms with Crippen LogP contribution in [0, 0.1) is 0 Å². The predicted octanol–water partition coefficient (Wildman–Crippen LogP) is 4.57. The smallest absolute Gasteiger partial charge is 0.170 e. The molecule has 0 amide bonds. The van der Waals surface area contributed by atoms with Crippen LogP contribution in [-0.4, -0.2) is 33.0 Å². The zero-order valence-corrected chi connectivity index (χ0v) is 16.3. The molecular weight excluding hydrogens is 376 g/mol. The molecule has 3 heterocycles. The van der Waals surface area contributed by atoms with Crippen molar-refractivity contribution in [1.82, 2.24) is 19.6 Å². The molecule has 5 aromatic rings. The van der Waals surface area contributed by atoms with Gasteiger partial charge in [-0.3, -0.25) is 9.20 Å². The summed E-state index contributed by atoms with van der Waals surface area (Å²) in [5, 5.41) is 9.56. The van der Waals surface area contributed by atoms with E-state index in [1.165, 1.54) is 0 Å². The number of fused-ring (bicyclic) bond motifs is 3. The van der Waals surface area contributed by atoms with Gasteiger partial charge in [-0.05, 0) is 17.7 Å². The number of nitrogens with zero attached hydrogens (tertiary/aromatic N) is 4. The van der Waals surface area contributed by atoms with Gasteiger partial charge in [0.05, 0.1) is 11.2 Å². The van der Waals surface area contributed by atoms with Gasteiger partial charge in [0.25, 0.3) is 0 Å². The highest BCUT2D eigenvalue weighted by atomic mass is 16.5. The molecule has 0 unspecified atom stereocenters. The van der Waals surface area contributed by atoms with E-state index in [2.05, 4.69) is 28.4 Å². The van der Waals surface area contributed by atoms with Crippen molar-refractivity contribution in [3.8, 4) is 22.4 Å². The van der Waals surface area contributed by atoms with Gasteiger partial charge < -0.3 is 4.74 Å². The summed E-state index contributed by atoms with van der Waals surface area (Å²) in [5.74, 6) is 0.740. The third-order valence-electron chi connectivity index (χ3n) is 5.12. The third-order valence-corrected chi connectivity index (χ3v) is 5.12. The quantitative estimate of drug-likeness (QED) is 0.409. The van der Waals surface area contributed by atoms with Gasteiger partial charge in [0.15, 0.2) is 11.5 Å². The van der Waals surface area contributed by atoms with Crippen molar-refractivity contribution in [3.63, 3.8) is 0 Å². The fourth-order valence-electron chi connectivity index (χ4n) is 3.65. The Bertz CT molecular complexity index is 1360. The number of benzene rings is 2. The molecule has 0 saturated heterocycles. The third kappa shape index (κ3) is 3.03. The first-order valence-electron chi connectivity index (χ1n) is 9.56. The Morgan fingerprint density at radius 2 is 1.77 bits per heavy atom. The Morgan fingerprint density at radius 3 is 2.50 bits per heavy atom. The largest absolute Gasteiger partial charge is 0.377 e. The van der Waals surface area contributed by atoms with E-state index in [0.29, 0.717) is 12.2 Å². The van der Waals surface area contributed by atoms with Crippen molar-refractivity contribution in [2.24, 2.45) is 0 Å². The molecule has 0 bridgehead atoms. The summed E-state index contributed by atoms with van der Waals surface area (Å²) in [5.41, 5.74) is 6.05. The van der Waals surface area contributed by atoms with Crippen molar-refractivity contribution in [2.75, 3.05) is 7.11 Å². The predicted molar refractivity (Wildman–Crippen MR) is 115 cm³/mol. The lowest BCUT2D eigenvalue weighted by Gasteiger charge is -2.12. The van der Waals surface area contributed by atoms with E-state index in [9.17, 15) is 4.79 Å². The zero-order valence-electron chi connectivity index (χ0n) is 16.3. The van der Waals surface area contributed by atoms with Gasteiger partial charge in [0.1, 0.15) is 12.9 Å². The van der Waals surface area contributed by atoms with Gasteiger partial charge in [-0.2, -0.15) is 0 Å². The normalized spacial score (nSPS) is 11.2. The van der Waals surface area contributed by atoms with Crippen molar-refractivity contribution in [3.05, 3.63) is 84.3 Å². The van der Waals surface area contributed by atoms with E-state index >= 15 is 0 Å². The zero-order chi connectivity index (χ0) is 20.5. The SMILES string of the molecule is COCc1nnc2c3cc(-c4ccccc4)c(-c4ccc(C=O)cc4)nc3ccn12. The van der Waals surface area contributed by atoms with Crippen molar-refractivity contribution in [1.29, 1.82) is 0 Å². The van der Waals surface area contributed by atoms with Crippen LogP contribution in [0.1, 0.15) is 16.2 Å². The molecule has 0 aliphatic carbocycles. The van der Waals surface area contributed by atoms with E-state index in [0.717, 1.165) is 51.0 Å². The molecule has 3 aromatic heterocycles. The van der Waals surface area contributed by atoms with E-state index in [1.54, 1.807) is 7.11 Å². The summed E-state index contributed by atoms with van der Waals surface area (Å²) in [6, 6.07) is 21.7. The molecule has 0 radical (unpaired) electrons. The summed E-state index contributed by atoms with van der Waals surface area (Å²) in [6.45, 7) is 0.382. The molecule has 0 aliphatic rings. The van der Waals surface area contributed by atoms with Crippen LogP contribution in [-0.2, 0) is 11.3 Å². The number of hydrogen-bond donors (Lipinski definition) is 0. The van der Waals surface area contributed by atoms with Crippen LogP contribution >= 0.6 is 0 Å². The second kappa shape index (κ2) is 7.50. The van der Waals surface area contributed by atoms with Crippen LogP contribution in [0.3, 0.4) is 0 Å². The molecule has 6 heteroatoms. The van der Waals surface area contributed by atoms with Gasteiger partial charge in [-0.1, -0.05) is 54.6 Å². The molecule has 6 nitrogen and oxygen atoms in total. The number of ether oxygens (including phenoxy) is 1. The van der Waals surface area contributed by atoms with Crippen LogP contribution in [0.4, 0.5) is 0 Å². The van der Waals surface area contributed by atoms with Crippen molar-refractivity contribution in [2.45, 2.75) is 6.61 Å². The number of aromatic nitrogens is 4.